The summed E-state index contributed by atoms with van der Waals surface area (Å²) < 4.78 is 0. The van der Waals surface area contributed by atoms with E-state index in [4.69, 9.17) is 5.26 Å². The van der Waals surface area contributed by atoms with Gasteiger partial charge in [-0.3, -0.25) is 4.79 Å². The summed E-state index contributed by atoms with van der Waals surface area (Å²) in [6.45, 7) is 0. The molecule has 0 aromatic heterocycles. The summed E-state index contributed by atoms with van der Waals surface area (Å²) in [7, 11) is 0. The van der Waals surface area contributed by atoms with Crippen LogP contribution < -0.4 is 11.1 Å². The smallest absolute Gasteiger partial charge is 0.316 e. The highest BCUT2D eigenvalue weighted by Crippen LogP contribution is 1.80. The number of hydrogen-bond donors (Lipinski definition) is 2. The third kappa shape index (κ3) is 3.21. The Morgan fingerprint density at radius 3 is 2.60 bits per heavy atom. The molecule has 0 atom stereocenters. The largest absolute Gasteiger partial charge is 0.351 e. The first-order valence-corrected chi connectivity index (χ1v) is 2.32. The van der Waals surface area contributed by atoms with Crippen molar-refractivity contribution < 1.29 is 9.59 Å². The molecule has 0 aromatic carbocycles. The van der Waals surface area contributed by atoms with Crippen molar-refractivity contribution in [3.8, 4) is 6.07 Å². The average molecular weight is 139 g/mol. The van der Waals surface area contributed by atoms with Gasteiger partial charge in [-0.2, -0.15) is 5.26 Å². The van der Waals surface area contributed by atoms with E-state index in [1.807, 2.05) is 5.32 Å². The van der Waals surface area contributed by atoms with Crippen LogP contribution in [-0.2, 0) is 4.79 Å². The normalized spacial score (nSPS) is 9.70. The number of nitrogens with one attached hydrogen (secondary N) is 1. The van der Waals surface area contributed by atoms with Gasteiger partial charge in [0.1, 0.15) is 11.6 Å². The van der Waals surface area contributed by atoms with Crippen molar-refractivity contribution in [2.45, 2.75) is 0 Å². The van der Waals surface area contributed by atoms with Crippen molar-refractivity contribution in [1.82, 2.24) is 5.32 Å². The molecule has 0 radical (unpaired) electrons. The Hall–Kier alpha value is -1.83. The summed E-state index contributed by atoms with van der Waals surface area (Å²) in [5.41, 5.74) is 4.45. The minimum atomic E-state index is -0.811. The van der Waals surface area contributed by atoms with Crippen LogP contribution in [0.4, 0.5) is 4.79 Å². The molecular weight excluding hydrogens is 134 g/mol. The highest BCUT2D eigenvalue weighted by Gasteiger charge is 1.90. The minimum absolute atomic E-state index is 0.182. The van der Waals surface area contributed by atoms with Crippen molar-refractivity contribution >= 4 is 12.3 Å². The monoisotopic (exact) mass is 139 g/mol. The molecule has 52 valence electrons. The second kappa shape index (κ2) is 4.09. The molecule has 0 aliphatic heterocycles. The molecular formula is C5H5N3O2. The van der Waals surface area contributed by atoms with E-state index in [1.54, 1.807) is 0 Å². The maximum atomic E-state index is 9.98. The Kier molecular flexibility index (Phi) is 3.34. The highest BCUT2D eigenvalue weighted by atomic mass is 16.2. The second-order valence-electron chi connectivity index (χ2n) is 1.34. The number of nitrogens with zero attached hydrogens (tertiary/aromatic N) is 1. The fourth-order valence-corrected chi connectivity index (χ4v) is 0.242. The second-order valence-corrected chi connectivity index (χ2v) is 1.34. The standard InChI is InChI=1S/C5H5N3O2/c6-1-4(3-9)2-8-5(7)10/h2-3H,(H3,7,8,10)/b4-2+. The van der Waals surface area contributed by atoms with Crippen LogP contribution in [-0.4, -0.2) is 12.3 Å². The number of aldehydes is 1. The van der Waals surface area contributed by atoms with Crippen molar-refractivity contribution in [3.05, 3.63) is 11.8 Å². The highest BCUT2D eigenvalue weighted by molar-refractivity contribution is 5.81. The van der Waals surface area contributed by atoms with Gasteiger partial charge < -0.3 is 11.1 Å². The zero-order chi connectivity index (χ0) is 7.98. The van der Waals surface area contributed by atoms with Crippen LogP contribution in [0.5, 0.6) is 0 Å². The Morgan fingerprint density at radius 2 is 2.30 bits per heavy atom. The van der Waals surface area contributed by atoms with E-state index in [0.29, 0.717) is 6.29 Å². The van der Waals surface area contributed by atoms with Gasteiger partial charge in [0.15, 0.2) is 6.29 Å². The van der Waals surface area contributed by atoms with Crippen LogP contribution >= 0.6 is 0 Å². The molecule has 0 spiro atoms. The van der Waals surface area contributed by atoms with Crippen molar-refractivity contribution in [2.24, 2.45) is 5.73 Å². The molecule has 3 N–H and O–H groups in total. The van der Waals surface area contributed by atoms with Crippen LogP contribution in [0.2, 0.25) is 0 Å². The maximum absolute atomic E-state index is 9.98. The molecule has 5 nitrogen and oxygen atoms in total. The number of urea groups is 1. The molecule has 0 fully saturated rings. The molecule has 0 saturated heterocycles. The molecule has 0 aliphatic carbocycles. The number of hydrogen-bond acceptors (Lipinski definition) is 3. The first-order chi connectivity index (χ1) is 4.70. The molecule has 5 heteroatoms. The summed E-state index contributed by atoms with van der Waals surface area (Å²) in [5, 5.41) is 10.1. The predicted molar refractivity (Wildman–Crippen MR) is 32.5 cm³/mol. The molecule has 0 saturated carbocycles. The molecule has 0 bridgehead atoms. The van der Waals surface area contributed by atoms with Gasteiger partial charge in [0, 0.05) is 6.20 Å². The SMILES string of the molecule is N#C/C(C=O)=C\NC(N)=O. The molecule has 2 amide bonds. The predicted octanol–water partition coefficient (Wildman–Crippen LogP) is -0.739. The summed E-state index contributed by atoms with van der Waals surface area (Å²) in [6, 6.07) is 0.719. The number of nitriles is 1. The zero-order valence-electron chi connectivity index (χ0n) is 5.00. The van der Waals surface area contributed by atoms with Crippen LogP contribution in [0, 0.1) is 11.3 Å². The van der Waals surface area contributed by atoms with Crippen molar-refractivity contribution in [3.63, 3.8) is 0 Å². The first-order valence-electron chi connectivity index (χ1n) is 2.32. The lowest BCUT2D eigenvalue weighted by Crippen LogP contribution is -2.24. The Balaban J connectivity index is 4.03. The van der Waals surface area contributed by atoms with Crippen molar-refractivity contribution in [1.29, 1.82) is 5.26 Å². The number of primary amides is 1. The van der Waals surface area contributed by atoms with Crippen LogP contribution in [0.25, 0.3) is 0 Å². The molecule has 0 rings (SSSR count). The van der Waals surface area contributed by atoms with Crippen molar-refractivity contribution in [2.75, 3.05) is 0 Å². The van der Waals surface area contributed by atoms with Gasteiger partial charge in [0.05, 0.1) is 0 Å². The van der Waals surface area contributed by atoms with E-state index < -0.39 is 6.03 Å². The number of rotatable bonds is 2. The Morgan fingerprint density at radius 1 is 1.70 bits per heavy atom. The van der Waals surface area contributed by atoms with Gasteiger partial charge in [-0.25, -0.2) is 4.79 Å². The van der Waals surface area contributed by atoms with Gasteiger partial charge >= 0.3 is 6.03 Å². The molecule has 0 unspecified atom stereocenters. The molecule has 0 aromatic rings. The van der Waals surface area contributed by atoms with Crippen LogP contribution in [0.15, 0.2) is 11.8 Å². The summed E-state index contributed by atoms with van der Waals surface area (Å²) in [6.07, 6.45) is 1.26. The minimum Gasteiger partial charge on any atom is -0.351 e. The zero-order valence-corrected chi connectivity index (χ0v) is 5.00. The quantitative estimate of drug-likeness (QED) is 0.299. The van der Waals surface area contributed by atoms with Crippen LogP contribution in [0.1, 0.15) is 0 Å². The summed E-state index contributed by atoms with van der Waals surface area (Å²) in [5.74, 6) is 0. The fraction of sp³-hybridized carbons (Fsp3) is 0. The maximum Gasteiger partial charge on any atom is 0.316 e. The topological polar surface area (TPSA) is 96.0 Å². The average Bonchev–Trinajstić information content (AvgIpc) is 1.90. The molecule has 10 heavy (non-hydrogen) atoms. The summed E-state index contributed by atoms with van der Waals surface area (Å²) >= 11 is 0. The molecule has 0 aliphatic rings. The Labute approximate surface area is 57.1 Å². The summed E-state index contributed by atoms with van der Waals surface area (Å²) in [4.78, 5) is 19.8. The third-order valence-corrected chi connectivity index (χ3v) is 0.626. The lowest BCUT2D eigenvalue weighted by molar-refractivity contribution is -0.104. The molecule has 0 heterocycles. The lowest BCUT2D eigenvalue weighted by Gasteiger charge is -1.88. The van der Waals surface area contributed by atoms with E-state index in [1.165, 1.54) is 6.07 Å². The van der Waals surface area contributed by atoms with E-state index in [9.17, 15) is 9.59 Å². The van der Waals surface area contributed by atoms with Gasteiger partial charge in [0.25, 0.3) is 0 Å². The lowest BCUT2D eigenvalue weighted by atomic mass is 10.4. The van der Waals surface area contributed by atoms with Gasteiger partial charge in [-0.15, -0.1) is 0 Å². The van der Waals surface area contributed by atoms with E-state index in [0.717, 1.165) is 6.20 Å². The van der Waals surface area contributed by atoms with Gasteiger partial charge in [-0.1, -0.05) is 0 Å². The van der Waals surface area contributed by atoms with E-state index >= 15 is 0 Å². The Bertz CT molecular complexity index is 213. The van der Waals surface area contributed by atoms with E-state index in [2.05, 4.69) is 5.73 Å². The third-order valence-electron chi connectivity index (χ3n) is 0.626. The first kappa shape index (κ1) is 8.17. The number of carbonyl (C=O) groups is 2. The van der Waals surface area contributed by atoms with Crippen LogP contribution in [0.3, 0.4) is 0 Å². The number of nitrogens with two attached hydrogens (primary N) is 1. The van der Waals surface area contributed by atoms with E-state index in [-0.39, 0.29) is 5.57 Å². The fourth-order valence-electron chi connectivity index (χ4n) is 0.242. The number of allylic oxidation sites excluding steroid dienone is 1. The number of amides is 2. The number of carbonyl (C=O) groups excluding carboxylic acids is 2. The van der Waals surface area contributed by atoms with Gasteiger partial charge in [-0.05, 0) is 0 Å². The van der Waals surface area contributed by atoms with Gasteiger partial charge in [0.2, 0.25) is 0 Å².